The first-order chi connectivity index (χ1) is 13.5. The number of benzene rings is 1. The van der Waals surface area contributed by atoms with Gasteiger partial charge in [-0.2, -0.15) is 0 Å². The molecular weight excluding hydrogens is 359 g/mol. The van der Waals surface area contributed by atoms with Gasteiger partial charge in [-0.1, -0.05) is 12.1 Å². The van der Waals surface area contributed by atoms with Crippen molar-refractivity contribution in [3.05, 3.63) is 60.2 Å². The number of nitrogens with one attached hydrogen (secondary N) is 2. The average Bonchev–Trinajstić information content (AvgIpc) is 2.73. The molecule has 0 bridgehead atoms. The standard InChI is InChI=1S/C21H25FN4O2/c22-17-7-1-14(2-8-17)13-25-21(28)19(23)15-3-5-16(6-4-15)20(27)26-18-9-11-24-12-10-18/h1-2,7-12,15-16,19H,3-6,13,23H2,(H,25,28)(H,24,26,27). The summed E-state index contributed by atoms with van der Waals surface area (Å²) in [6, 6.07) is 8.89. The molecule has 4 N–H and O–H groups in total. The van der Waals surface area contributed by atoms with Crippen molar-refractivity contribution in [1.82, 2.24) is 10.3 Å². The van der Waals surface area contributed by atoms with Crippen LogP contribution in [0.4, 0.5) is 10.1 Å². The quantitative estimate of drug-likeness (QED) is 0.713. The van der Waals surface area contributed by atoms with Crippen molar-refractivity contribution in [3.63, 3.8) is 0 Å². The highest BCUT2D eigenvalue weighted by Gasteiger charge is 2.32. The van der Waals surface area contributed by atoms with Gasteiger partial charge in [-0.15, -0.1) is 0 Å². The highest BCUT2D eigenvalue weighted by molar-refractivity contribution is 5.92. The molecule has 0 spiro atoms. The molecule has 7 heteroatoms. The lowest BCUT2D eigenvalue weighted by molar-refractivity contribution is -0.124. The zero-order chi connectivity index (χ0) is 19.9. The maximum absolute atomic E-state index is 12.9. The summed E-state index contributed by atoms with van der Waals surface area (Å²) < 4.78 is 12.9. The van der Waals surface area contributed by atoms with Crippen LogP contribution in [0.15, 0.2) is 48.8 Å². The third-order valence-corrected chi connectivity index (χ3v) is 5.28. The van der Waals surface area contributed by atoms with Crippen LogP contribution in [0.25, 0.3) is 0 Å². The van der Waals surface area contributed by atoms with Crippen LogP contribution in [0.5, 0.6) is 0 Å². The van der Waals surface area contributed by atoms with E-state index in [-0.39, 0.29) is 29.5 Å². The van der Waals surface area contributed by atoms with Gasteiger partial charge >= 0.3 is 0 Å². The van der Waals surface area contributed by atoms with Gasteiger partial charge in [-0.25, -0.2) is 4.39 Å². The fourth-order valence-electron chi connectivity index (χ4n) is 3.54. The molecule has 1 saturated carbocycles. The Balaban J connectivity index is 1.43. The van der Waals surface area contributed by atoms with E-state index in [0.717, 1.165) is 24.1 Å². The van der Waals surface area contributed by atoms with Crippen LogP contribution in [-0.2, 0) is 16.1 Å². The number of hydrogen-bond donors (Lipinski definition) is 3. The Morgan fingerprint density at radius 2 is 1.71 bits per heavy atom. The molecule has 2 aromatic rings. The summed E-state index contributed by atoms with van der Waals surface area (Å²) in [6.07, 6.45) is 6.16. The summed E-state index contributed by atoms with van der Waals surface area (Å²) in [5.74, 6) is -0.540. The number of pyridine rings is 1. The second-order valence-corrected chi connectivity index (χ2v) is 7.21. The van der Waals surface area contributed by atoms with Crippen molar-refractivity contribution < 1.29 is 14.0 Å². The number of amides is 2. The highest BCUT2D eigenvalue weighted by atomic mass is 19.1. The first-order valence-corrected chi connectivity index (χ1v) is 9.51. The van der Waals surface area contributed by atoms with Gasteiger partial charge in [0.1, 0.15) is 5.82 Å². The molecule has 1 atom stereocenters. The van der Waals surface area contributed by atoms with E-state index in [2.05, 4.69) is 15.6 Å². The van der Waals surface area contributed by atoms with Crippen LogP contribution in [0.1, 0.15) is 31.2 Å². The molecule has 1 aromatic carbocycles. The Morgan fingerprint density at radius 3 is 2.36 bits per heavy atom. The van der Waals surface area contributed by atoms with Gasteiger partial charge in [0.15, 0.2) is 0 Å². The lowest BCUT2D eigenvalue weighted by Crippen LogP contribution is -2.46. The van der Waals surface area contributed by atoms with Crippen molar-refractivity contribution in [3.8, 4) is 0 Å². The van der Waals surface area contributed by atoms with Crippen molar-refractivity contribution in [2.45, 2.75) is 38.3 Å². The largest absolute Gasteiger partial charge is 0.351 e. The number of carbonyl (C=O) groups is 2. The molecule has 3 rings (SSSR count). The van der Waals surface area contributed by atoms with Crippen LogP contribution >= 0.6 is 0 Å². The number of nitrogens with two attached hydrogens (primary N) is 1. The summed E-state index contributed by atoms with van der Waals surface area (Å²) in [7, 11) is 0. The number of aromatic nitrogens is 1. The summed E-state index contributed by atoms with van der Waals surface area (Å²) in [4.78, 5) is 28.7. The molecule has 1 aliphatic rings. The van der Waals surface area contributed by atoms with E-state index in [1.54, 1.807) is 36.7 Å². The SMILES string of the molecule is NC(C(=O)NCc1ccc(F)cc1)C1CCC(C(=O)Nc2ccncc2)CC1. The molecule has 0 radical (unpaired) electrons. The van der Waals surface area contributed by atoms with Crippen LogP contribution in [0.3, 0.4) is 0 Å². The lowest BCUT2D eigenvalue weighted by atomic mass is 9.78. The molecule has 1 unspecified atom stereocenters. The van der Waals surface area contributed by atoms with Gasteiger partial charge < -0.3 is 16.4 Å². The van der Waals surface area contributed by atoms with Gasteiger partial charge in [0.25, 0.3) is 0 Å². The minimum atomic E-state index is -0.607. The highest BCUT2D eigenvalue weighted by Crippen LogP contribution is 2.31. The Labute approximate surface area is 163 Å². The van der Waals surface area contributed by atoms with Crippen molar-refractivity contribution in [2.75, 3.05) is 5.32 Å². The van der Waals surface area contributed by atoms with Crippen molar-refractivity contribution >= 4 is 17.5 Å². The Kier molecular flexibility index (Phi) is 6.71. The van der Waals surface area contributed by atoms with Crippen LogP contribution in [-0.4, -0.2) is 22.8 Å². The van der Waals surface area contributed by atoms with Crippen LogP contribution in [0, 0.1) is 17.7 Å². The maximum Gasteiger partial charge on any atom is 0.237 e. The number of anilines is 1. The van der Waals surface area contributed by atoms with Gasteiger partial charge in [-0.05, 0) is 61.4 Å². The van der Waals surface area contributed by atoms with E-state index in [9.17, 15) is 14.0 Å². The van der Waals surface area contributed by atoms with E-state index >= 15 is 0 Å². The number of rotatable bonds is 6. The molecule has 2 amide bonds. The minimum absolute atomic E-state index is 0.000942. The molecule has 0 saturated heterocycles. The molecule has 148 valence electrons. The maximum atomic E-state index is 12.9. The number of nitrogens with zero attached hydrogens (tertiary/aromatic N) is 1. The lowest BCUT2D eigenvalue weighted by Gasteiger charge is -2.31. The Morgan fingerprint density at radius 1 is 1.07 bits per heavy atom. The van der Waals surface area contributed by atoms with Gasteiger partial charge in [0.2, 0.25) is 11.8 Å². The zero-order valence-electron chi connectivity index (χ0n) is 15.6. The van der Waals surface area contributed by atoms with Gasteiger partial charge in [-0.3, -0.25) is 14.6 Å². The second kappa shape index (κ2) is 9.41. The number of hydrogen-bond acceptors (Lipinski definition) is 4. The molecule has 1 fully saturated rings. The van der Waals surface area contributed by atoms with Gasteiger partial charge in [0, 0.05) is 30.5 Å². The summed E-state index contributed by atoms with van der Waals surface area (Å²) >= 11 is 0. The second-order valence-electron chi connectivity index (χ2n) is 7.21. The third kappa shape index (κ3) is 5.36. The van der Waals surface area contributed by atoms with Crippen molar-refractivity contribution in [2.24, 2.45) is 17.6 Å². The normalized spacial score (nSPS) is 20.2. The van der Waals surface area contributed by atoms with Crippen molar-refractivity contribution in [1.29, 1.82) is 0 Å². The molecular formula is C21H25FN4O2. The average molecular weight is 384 g/mol. The molecule has 28 heavy (non-hydrogen) atoms. The predicted molar refractivity (Wildman–Crippen MR) is 105 cm³/mol. The van der Waals surface area contributed by atoms with E-state index in [4.69, 9.17) is 5.73 Å². The Bertz CT molecular complexity index is 790. The topological polar surface area (TPSA) is 97.1 Å². The van der Waals surface area contributed by atoms with E-state index < -0.39 is 6.04 Å². The first kappa shape index (κ1) is 19.9. The minimum Gasteiger partial charge on any atom is -0.351 e. The first-order valence-electron chi connectivity index (χ1n) is 9.51. The molecule has 1 aliphatic carbocycles. The molecule has 1 aromatic heterocycles. The summed E-state index contributed by atoms with van der Waals surface area (Å²) in [5, 5.41) is 5.72. The zero-order valence-corrected chi connectivity index (χ0v) is 15.6. The molecule has 1 heterocycles. The molecule has 0 aliphatic heterocycles. The van der Waals surface area contributed by atoms with Crippen LogP contribution < -0.4 is 16.4 Å². The van der Waals surface area contributed by atoms with E-state index in [1.165, 1.54) is 12.1 Å². The fourth-order valence-corrected chi connectivity index (χ4v) is 3.54. The summed E-state index contributed by atoms with van der Waals surface area (Å²) in [5.41, 5.74) is 7.70. The van der Waals surface area contributed by atoms with E-state index in [0.29, 0.717) is 19.4 Å². The van der Waals surface area contributed by atoms with Gasteiger partial charge in [0.05, 0.1) is 6.04 Å². The summed E-state index contributed by atoms with van der Waals surface area (Å²) in [6.45, 7) is 0.316. The smallest absolute Gasteiger partial charge is 0.237 e. The van der Waals surface area contributed by atoms with Crippen LogP contribution in [0.2, 0.25) is 0 Å². The monoisotopic (exact) mass is 384 g/mol. The molecule has 6 nitrogen and oxygen atoms in total. The third-order valence-electron chi connectivity index (χ3n) is 5.28. The predicted octanol–water partition coefficient (Wildman–Crippen LogP) is 2.61. The number of halogens is 1. The Hall–Kier alpha value is -2.80. The number of carbonyl (C=O) groups excluding carboxylic acids is 2. The van der Waals surface area contributed by atoms with E-state index in [1.807, 2.05) is 0 Å². The fraction of sp³-hybridized carbons (Fsp3) is 0.381.